The molecule has 2 N–H and O–H groups in total. The number of anilines is 1. The van der Waals surface area contributed by atoms with E-state index in [-0.39, 0.29) is 5.56 Å². The molecule has 0 radical (unpaired) electrons. The van der Waals surface area contributed by atoms with Crippen LogP contribution >= 0.6 is 15.9 Å². The van der Waals surface area contributed by atoms with Crippen molar-refractivity contribution >= 4 is 27.6 Å². The van der Waals surface area contributed by atoms with E-state index < -0.39 is 5.97 Å². The molecular weight excluding hydrogens is 246 g/mol. The fourth-order valence-electron chi connectivity index (χ4n) is 1.03. The Kier molecular flexibility index (Phi) is 3.71. The van der Waals surface area contributed by atoms with E-state index in [1.54, 1.807) is 24.3 Å². The standard InChI is InChI=1S/C10H10BrNO2/c1-2-5-12-9-4-3-7(11)6-8(9)10(13)14/h2-4,6,12H,1,5H2,(H,13,14). The predicted molar refractivity (Wildman–Crippen MR) is 59.8 cm³/mol. The molecule has 0 bridgehead atoms. The minimum absolute atomic E-state index is 0.251. The van der Waals surface area contributed by atoms with E-state index in [1.807, 2.05) is 0 Å². The van der Waals surface area contributed by atoms with E-state index >= 15 is 0 Å². The molecule has 1 rings (SSSR count). The van der Waals surface area contributed by atoms with Crippen molar-refractivity contribution in [1.82, 2.24) is 0 Å². The second-order valence-corrected chi connectivity index (χ2v) is 3.58. The van der Waals surface area contributed by atoms with E-state index in [9.17, 15) is 4.79 Å². The van der Waals surface area contributed by atoms with E-state index in [0.29, 0.717) is 12.2 Å². The monoisotopic (exact) mass is 255 g/mol. The smallest absolute Gasteiger partial charge is 0.337 e. The summed E-state index contributed by atoms with van der Waals surface area (Å²) in [7, 11) is 0. The molecule has 0 aliphatic carbocycles. The summed E-state index contributed by atoms with van der Waals surface area (Å²) in [5.74, 6) is -0.946. The van der Waals surface area contributed by atoms with E-state index in [0.717, 1.165) is 4.47 Å². The molecule has 0 atom stereocenters. The Labute approximate surface area is 90.6 Å². The Balaban J connectivity index is 3.01. The first-order chi connectivity index (χ1) is 6.65. The third kappa shape index (κ3) is 2.60. The van der Waals surface area contributed by atoms with Crippen molar-refractivity contribution in [2.24, 2.45) is 0 Å². The van der Waals surface area contributed by atoms with Crippen LogP contribution in [0.5, 0.6) is 0 Å². The quantitative estimate of drug-likeness (QED) is 0.814. The lowest BCUT2D eigenvalue weighted by molar-refractivity contribution is 0.0698. The van der Waals surface area contributed by atoms with Crippen LogP contribution in [0.1, 0.15) is 10.4 Å². The van der Waals surface area contributed by atoms with Gasteiger partial charge in [-0.3, -0.25) is 0 Å². The lowest BCUT2D eigenvalue weighted by Crippen LogP contribution is -2.05. The molecule has 4 heteroatoms. The van der Waals surface area contributed by atoms with Crippen LogP contribution in [0, 0.1) is 0 Å². The van der Waals surface area contributed by atoms with Crippen LogP contribution in [0.3, 0.4) is 0 Å². The fraction of sp³-hybridized carbons (Fsp3) is 0.100. The van der Waals surface area contributed by atoms with Gasteiger partial charge in [-0.15, -0.1) is 6.58 Å². The largest absolute Gasteiger partial charge is 0.478 e. The van der Waals surface area contributed by atoms with E-state index in [2.05, 4.69) is 27.8 Å². The first-order valence-corrected chi connectivity index (χ1v) is 4.82. The number of rotatable bonds is 4. The van der Waals surface area contributed by atoms with Gasteiger partial charge >= 0.3 is 5.97 Å². The first kappa shape index (κ1) is 10.8. The number of carboxylic acids is 1. The molecule has 1 aromatic rings. The fourth-order valence-corrected chi connectivity index (χ4v) is 1.39. The van der Waals surface area contributed by atoms with Gasteiger partial charge in [0, 0.05) is 16.7 Å². The molecule has 3 nitrogen and oxygen atoms in total. The van der Waals surface area contributed by atoms with Crippen LogP contribution in [0.25, 0.3) is 0 Å². The van der Waals surface area contributed by atoms with Gasteiger partial charge in [-0.25, -0.2) is 4.79 Å². The minimum atomic E-state index is -0.946. The molecule has 0 heterocycles. The minimum Gasteiger partial charge on any atom is -0.478 e. The van der Waals surface area contributed by atoms with Crippen molar-refractivity contribution in [3.63, 3.8) is 0 Å². The number of hydrogen-bond acceptors (Lipinski definition) is 2. The van der Waals surface area contributed by atoms with Crippen molar-refractivity contribution < 1.29 is 9.90 Å². The zero-order chi connectivity index (χ0) is 10.6. The van der Waals surface area contributed by atoms with Crippen LogP contribution in [0.2, 0.25) is 0 Å². The van der Waals surface area contributed by atoms with Crippen LogP contribution in [-0.2, 0) is 0 Å². The zero-order valence-corrected chi connectivity index (χ0v) is 9.04. The molecule has 0 unspecified atom stereocenters. The van der Waals surface area contributed by atoms with Crippen molar-refractivity contribution in [3.05, 3.63) is 40.9 Å². The molecule has 0 aliphatic heterocycles. The molecule has 0 fully saturated rings. The summed E-state index contributed by atoms with van der Waals surface area (Å²) in [6, 6.07) is 5.07. The van der Waals surface area contributed by atoms with Gasteiger partial charge < -0.3 is 10.4 Å². The maximum Gasteiger partial charge on any atom is 0.337 e. The lowest BCUT2D eigenvalue weighted by Gasteiger charge is -2.07. The van der Waals surface area contributed by atoms with E-state index in [4.69, 9.17) is 5.11 Å². The number of aromatic carboxylic acids is 1. The summed E-state index contributed by atoms with van der Waals surface area (Å²) < 4.78 is 0.749. The summed E-state index contributed by atoms with van der Waals surface area (Å²) >= 11 is 3.22. The average molecular weight is 256 g/mol. The summed E-state index contributed by atoms with van der Waals surface area (Å²) in [6.45, 7) is 4.09. The maximum atomic E-state index is 10.9. The summed E-state index contributed by atoms with van der Waals surface area (Å²) in [5, 5.41) is 11.9. The second kappa shape index (κ2) is 4.81. The Morgan fingerprint density at radius 1 is 1.64 bits per heavy atom. The van der Waals surface area contributed by atoms with Gasteiger partial charge in [0.2, 0.25) is 0 Å². The average Bonchev–Trinajstić information content (AvgIpc) is 2.15. The van der Waals surface area contributed by atoms with Gasteiger partial charge in [0.05, 0.1) is 5.56 Å². The highest BCUT2D eigenvalue weighted by Gasteiger charge is 2.09. The number of carbonyl (C=O) groups is 1. The molecule has 0 saturated heterocycles. The Morgan fingerprint density at radius 2 is 2.36 bits per heavy atom. The van der Waals surface area contributed by atoms with Crippen molar-refractivity contribution in [1.29, 1.82) is 0 Å². The molecule has 0 spiro atoms. The number of nitrogens with one attached hydrogen (secondary N) is 1. The molecule has 0 aromatic heterocycles. The topological polar surface area (TPSA) is 49.3 Å². The normalized spacial score (nSPS) is 9.50. The van der Waals surface area contributed by atoms with Crippen molar-refractivity contribution in [2.75, 3.05) is 11.9 Å². The summed E-state index contributed by atoms with van der Waals surface area (Å²) in [4.78, 5) is 10.9. The van der Waals surface area contributed by atoms with Gasteiger partial charge in [0.1, 0.15) is 0 Å². The van der Waals surface area contributed by atoms with E-state index in [1.165, 1.54) is 0 Å². The molecular formula is C10H10BrNO2. The molecule has 14 heavy (non-hydrogen) atoms. The van der Waals surface area contributed by atoms with Gasteiger partial charge in [-0.2, -0.15) is 0 Å². The number of halogens is 1. The Bertz CT molecular complexity index is 363. The zero-order valence-electron chi connectivity index (χ0n) is 7.46. The Morgan fingerprint density at radius 3 is 2.93 bits per heavy atom. The van der Waals surface area contributed by atoms with Gasteiger partial charge in [-0.1, -0.05) is 22.0 Å². The number of benzene rings is 1. The van der Waals surface area contributed by atoms with Gasteiger partial charge in [0.15, 0.2) is 0 Å². The van der Waals surface area contributed by atoms with Crippen molar-refractivity contribution in [2.45, 2.75) is 0 Å². The SMILES string of the molecule is C=CCNc1ccc(Br)cc1C(=O)O. The highest BCUT2D eigenvalue weighted by molar-refractivity contribution is 9.10. The molecule has 74 valence electrons. The molecule has 0 amide bonds. The molecule has 1 aromatic carbocycles. The first-order valence-electron chi connectivity index (χ1n) is 4.02. The number of hydrogen-bond donors (Lipinski definition) is 2. The lowest BCUT2D eigenvalue weighted by atomic mass is 10.2. The van der Waals surface area contributed by atoms with Gasteiger partial charge in [0.25, 0.3) is 0 Å². The highest BCUT2D eigenvalue weighted by atomic mass is 79.9. The third-order valence-electron chi connectivity index (χ3n) is 1.65. The van der Waals surface area contributed by atoms with Gasteiger partial charge in [-0.05, 0) is 18.2 Å². The van der Waals surface area contributed by atoms with Crippen molar-refractivity contribution in [3.8, 4) is 0 Å². The van der Waals surface area contributed by atoms with Crippen LogP contribution in [0.15, 0.2) is 35.3 Å². The third-order valence-corrected chi connectivity index (χ3v) is 2.14. The maximum absolute atomic E-state index is 10.9. The van der Waals surface area contributed by atoms with Crippen LogP contribution in [-0.4, -0.2) is 17.6 Å². The predicted octanol–water partition coefficient (Wildman–Crippen LogP) is 2.75. The summed E-state index contributed by atoms with van der Waals surface area (Å²) in [5.41, 5.74) is 0.849. The van der Waals surface area contributed by atoms with Crippen LogP contribution in [0.4, 0.5) is 5.69 Å². The number of carboxylic acid groups (broad SMARTS) is 1. The second-order valence-electron chi connectivity index (χ2n) is 2.66. The summed E-state index contributed by atoms with van der Waals surface area (Å²) in [6.07, 6.45) is 1.67. The van der Waals surface area contributed by atoms with Crippen LogP contribution < -0.4 is 5.32 Å². The molecule has 0 saturated carbocycles. The Hall–Kier alpha value is -1.29. The highest BCUT2D eigenvalue weighted by Crippen LogP contribution is 2.20. The molecule has 0 aliphatic rings.